The number of rotatable bonds is 2. The second-order valence-electron chi connectivity index (χ2n) is 4.85. The highest BCUT2D eigenvalue weighted by molar-refractivity contribution is 5.72. The Bertz CT molecular complexity index is 759. The smallest absolute Gasteiger partial charge is 0.132 e. The van der Waals surface area contributed by atoms with Crippen LogP contribution in [0.1, 0.15) is 11.1 Å². The molecule has 4 nitrogen and oxygen atoms in total. The van der Waals surface area contributed by atoms with Gasteiger partial charge in [0.1, 0.15) is 5.82 Å². The molecular weight excluding hydrogens is 248 g/mol. The Morgan fingerprint density at radius 1 is 1.10 bits per heavy atom. The standard InChI is InChI=1S/C16H16N4/c1-11-5-6-13(8-12(11)2)20-10-18-9-15(20)14-4-3-7-19-16(14)17/h3-10H,1-2H3,(H2,17,19). The predicted molar refractivity (Wildman–Crippen MR) is 80.7 cm³/mol. The summed E-state index contributed by atoms with van der Waals surface area (Å²) in [7, 11) is 0. The predicted octanol–water partition coefficient (Wildman–Crippen LogP) is 3.13. The molecule has 0 saturated heterocycles. The zero-order valence-corrected chi connectivity index (χ0v) is 11.5. The maximum Gasteiger partial charge on any atom is 0.132 e. The average Bonchev–Trinajstić information content (AvgIpc) is 2.91. The van der Waals surface area contributed by atoms with Crippen LogP contribution < -0.4 is 5.73 Å². The number of hydrogen-bond donors (Lipinski definition) is 1. The second kappa shape index (κ2) is 4.81. The highest BCUT2D eigenvalue weighted by atomic mass is 15.1. The molecule has 0 atom stereocenters. The van der Waals surface area contributed by atoms with Crippen LogP contribution in [-0.4, -0.2) is 14.5 Å². The van der Waals surface area contributed by atoms with Crippen molar-refractivity contribution >= 4 is 5.82 Å². The third kappa shape index (κ3) is 2.05. The Morgan fingerprint density at radius 2 is 1.95 bits per heavy atom. The van der Waals surface area contributed by atoms with Gasteiger partial charge >= 0.3 is 0 Å². The fourth-order valence-electron chi connectivity index (χ4n) is 2.21. The van der Waals surface area contributed by atoms with Gasteiger partial charge in [0.2, 0.25) is 0 Å². The molecule has 2 N–H and O–H groups in total. The highest BCUT2D eigenvalue weighted by Gasteiger charge is 2.10. The lowest BCUT2D eigenvalue weighted by atomic mass is 10.1. The molecule has 0 bridgehead atoms. The van der Waals surface area contributed by atoms with Crippen molar-refractivity contribution < 1.29 is 0 Å². The Balaban J connectivity index is 2.15. The number of nitrogen functional groups attached to an aromatic ring is 1. The van der Waals surface area contributed by atoms with Crippen molar-refractivity contribution in [2.24, 2.45) is 0 Å². The quantitative estimate of drug-likeness (QED) is 0.773. The van der Waals surface area contributed by atoms with E-state index in [1.54, 1.807) is 12.5 Å². The van der Waals surface area contributed by atoms with E-state index in [4.69, 9.17) is 5.73 Å². The molecule has 4 heteroatoms. The van der Waals surface area contributed by atoms with Gasteiger partial charge in [-0.05, 0) is 49.2 Å². The molecule has 0 fully saturated rings. The first-order valence-electron chi connectivity index (χ1n) is 6.47. The summed E-state index contributed by atoms with van der Waals surface area (Å²) in [5.74, 6) is 0.512. The van der Waals surface area contributed by atoms with E-state index in [0.717, 1.165) is 16.9 Å². The molecule has 3 aromatic rings. The number of aromatic nitrogens is 3. The minimum absolute atomic E-state index is 0.512. The third-order valence-electron chi connectivity index (χ3n) is 3.52. The molecule has 0 aliphatic rings. The lowest BCUT2D eigenvalue weighted by Crippen LogP contribution is -1.99. The number of benzene rings is 1. The number of anilines is 1. The van der Waals surface area contributed by atoms with Gasteiger partial charge in [-0.1, -0.05) is 6.07 Å². The van der Waals surface area contributed by atoms with Gasteiger partial charge in [-0.2, -0.15) is 0 Å². The van der Waals surface area contributed by atoms with Crippen molar-refractivity contribution in [1.82, 2.24) is 14.5 Å². The molecule has 0 saturated carbocycles. The zero-order valence-electron chi connectivity index (χ0n) is 11.5. The average molecular weight is 264 g/mol. The number of imidazole rings is 1. The summed E-state index contributed by atoms with van der Waals surface area (Å²) in [6.45, 7) is 4.21. The number of aryl methyl sites for hydroxylation is 2. The van der Waals surface area contributed by atoms with E-state index >= 15 is 0 Å². The van der Waals surface area contributed by atoms with Crippen LogP contribution in [-0.2, 0) is 0 Å². The van der Waals surface area contributed by atoms with Crippen LogP contribution in [0, 0.1) is 13.8 Å². The van der Waals surface area contributed by atoms with Crippen LogP contribution in [0.5, 0.6) is 0 Å². The number of nitrogens with two attached hydrogens (primary N) is 1. The van der Waals surface area contributed by atoms with E-state index in [-0.39, 0.29) is 0 Å². The van der Waals surface area contributed by atoms with Crippen molar-refractivity contribution in [3.8, 4) is 16.9 Å². The zero-order chi connectivity index (χ0) is 14.1. The van der Waals surface area contributed by atoms with Crippen LogP contribution in [0.15, 0.2) is 49.1 Å². The van der Waals surface area contributed by atoms with E-state index in [1.807, 2.05) is 22.9 Å². The SMILES string of the molecule is Cc1ccc(-n2cncc2-c2cccnc2N)cc1C. The van der Waals surface area contributed by atoms with Crippen LogP contribution in [0.3, 0.4) is 0 Å². The molecule has 0 amide bonds. The normalized spacial score (nSPS) is 10.7. The Labute approximate surface area is 117 Å². The first-order chi connectivity index (χ1) is 9.66. The molecule has 1 aromatic carbocycles. The fraction of sp³-hybridized carbons (Fsp3) is 0.125. The molecule has 0 spiro atoms. The molecular formula is C16H16N4. The molecule has 0 radical (unpaired) electrons. The van der Waals surface area contributed by atoms with Crippen molar-refractivity contribution in [1.29, 1.82) is 0 Å². The molecule has 2 heterocycles. The van der Waals surface area contributed by atoms with Crippen LogP contribution in [0.4, 0.5) is 5.82 Å². The Hall–Kier alpha value is -2.62. The van der Waals surface area contributed by atoms with Gasteiger partial charge in [0.25, 0.3) is 0 Å². The summed E-state index contributed by atoms with van der Waals surface area (Å²) < 4.78 is 2.03. The van der Waals surface area contributed by atoms with Crippen molar-refractivity contribution in [3.63, 3.8) is 0 Å². The van der Waals surface area contributed by atoms with Crippen LogP contribution in [0.2, 0.25) is 0 Å². The Morgan fingerprint density at radius 3 is 2.70 bits per heavy atom. The largest absolute Gasteiger partial charge is 0.383 e. The fourth-order valence-corrected chi connectivity index (χ4v) is 2.21. The van der Waals surface area contributed by atoms with Crippen molar-refractivity contribution in [3.05, 3.63) is 60.2 Å². The van der Waals surface area contributed by atoms with Crippen molar-refractivity contribution in [2.75, 3.05) is 5.73 Å². The van der Waals surface area contributed by atoms with E-state index in [9.17, 15) is 0 Å². The molecule has 20 heavy (non-hydrogen) atoms. The molecule has 2 aromatic heterocycles. The minimum atomic E-state index is 0.512. The second-order valence-corrected chi connectivity index (χ2v) is 4.85. The third-order valence-corrected chi connectivity index (χ3v) is 3.52. The molecule has 3 rings (SSSR count). The number of nitrogens with zero attached hydrogens (tertiary/aromatic N) is 3. The van der Waals surface area contributed by atoms with E-state index in [1.165, 1.54) is 11.1 Å². The van der Waals surface area contributed by atoms with E-state index < -0.39 is 0 Å². The van der Waals surface area contributed by atoms with Gasteiger partial charge in [-0.3, -0.25) is 4.57 Å². The maximum absolute atomic E-state index is 5.96. The van der Waals surface area contributed by atoms with Crippen LogP contribution >= 0.6 is 0 Å². The van der Waals surface area contributed by atoms with Gasteiger partial charge in [0, 0.05) is 17.4 Å². The molecule has 0 unspecified atom stereocenters. The maximum atomic E-state index is 5.96. The lowest BCUT2D eigenvalue weighted by molar-refractivity contribution is 1.05. The lowest BCUT2D eigenvalue weighted by Gasteiger charge is -2.11. The summed E-state index contributed by atoms with van der Waals surface area (Å²) in [6.07, 6.45) is 5.30. The summed E-state index contributed by atoms with van der Waals surface area (Å²) in [4.78, 5) is 8.39. The summed E-state index contributed by atoms with van der Waals surface area (Å²) in [5, 5.41) is 0. The molecule has 0 aliphatic heterocycles. The Kier molecular flexibility index (Phi) is 2.99. The number of hydrogen-bond acceptors (Lipinski definition) is 3. The summed E-state index contributed by atoms with van der Waals surface area (Å²) >= 11 is 0. The van der Waals surface area contributed by atoms with Gasteiger partial charge < -0.3 is 5.73 Å². The highest BCUT2D eigenvalue weighted by Crippen LogP contribution is 2.26. The first kappa shape index (κ1) is 12.4. The summed E-state index contributed by atoms with van der Waals surface area (Å²) in [5.41, 5.74) is 11.4. The van der Waals surface area contributed by atoms with Gasteiger partial charge in [-0.15, -0.1) is 0 Å². The minimum Gasteiger partial charge on any atom is -0.383 e. The van der Waals surface area contributed by atoms with E-state index in [2.05, 4.69) is 42.0 Å². The number of pyridine rings is 1. The van der Waals surface area contributed by atoms with Gasteiger partial charge in [0.15, 0.2) is 0 Å². The first-order valence-corrected chi connectivity index (χ1v) is 6.47. The monoisotopic (exact) mass is 264 g/mol. The topological polar surface area (TPSA) is 56.7 Å². The summed E-state index contributed by atoms with van der Waals surface area (Å²) in [6, 6.07) is 10.2. The van der Waals surface area contributed by atoms with Crippen LogP contribution in [0.25, 0.3) is 16.9 Å². The molecule has 0 aliphatic carbocycles. The van der Waals surface area contributed by atoms with Gasteiger partial charge in [0.05, 0.1) is 18.2 Å². The molecule has 100 valence electrons. The van der Waals surface area contributed by atoms with Crippen molar-refractivity contribution in [2.45, 2.75) is 13.8 Å². The van der Waals surface area contributed by atoms with Gasteiger partial charge in [-0.25, -0.2) is 9.97 Å². The van der Waals surface area contributed by atoms with E-state index in [0.29, 0.717) is 5.82 Å².